The third kappa shape index (κ3) is 7.58. The Morgan fingerprint density at radius 2 is 1.27 bits per heavy atom. The Morgan fingerprint density at radius 3 is 1.86 bits per heavy atom. The van der Waals surface area contributed by atoms with Crippen LogP contribution in [0.15, 0.2) is 103 Å². The van der Waals surface area contributed by atoms with Crippen LogP contribution >= 0.6 is 0 Å². The van der Waals surface area contributed by atoms with E-state index in [1.807, 2.05) is 18.2 Å². The van der Waals surface area contributed by atoms with Crippen molar-refractivity contribution in [2.75, 3.05) is 0 Å². The molecule has 12 unspecified atom stereocenters. The largest absolute Gasteiger partial charge is 0.462 e. The van der Waals surface area contributed by atoms with Crippen LogP contribution in [-0.4, -0.2) is 36.2 Å². The van der Waals surface area contributed by atoms with Crippen LogP contribution in [0.2, 0.25) is 0 Å². The van der Waals surface area contributed by atoms with Gasteiger partial charge in [-0.05, 0) is 95.8 Å². The highest BCUT2D eigenvalue weighted by molar-refractivity contribution is 5.97. The van der Waals surface area contributed by atoms with Gasteiger partial charge in [0, 0.05) is 24.2 Å². The van der Waals surface area contributed by atoms with E-state index < -0.39 is 0 Å². The minimum Gasteiger partial charge on any atom is -0.462 e. The lowest BCUT2D eigenvalue weighted by atomic mass is 9.43. The van der Waals surface area contributed by atoms with Crippen LogP contribution in [0.25, 0.3) is 0 Å². The van der Waals surface area contributed by atoms with E-state index in [1.54, 1.807) is 0 Å². The van der Waals surface area contributed by atoms with E-state index in [4.69, 9.17) is 18.9 Å². The summed E-state index contributed by atoms with van der Waals surface area (Å²) in [6.07, 6.45) is 7.55. The summed E-state index contributed by atoms with van der Waals surface area (Å²) in [4.78, 5) is 27.8. The van der Waals surface area contributed by atoms with Gasteiger partial charge in [0.05, 0.1) is 38.1 Å². The third-order valence-corrected chi connectivity index (χ3v) is 15.2. The fourth-order valence-electron chi connectivity index (χ4n) is 12.0. The Labute approximate surface area is 334 Å². The molecule has 5 aliphatic rings. The number of rotatable bonds is 12. The molecule has 4 aliphatic carbocycles. The molecule has 3 aromatic rings. The summed E-state index contributed by atoms with van der Waals surface area (Å²) in [5.74, 6) is 1.01. The molecule has 6 nitrogen and oxygen atoms in total. The fourth-order valence-corrected chi connectivity index (χ4v) is 12.0. The van der Waals surface area contributed by atoms with Crippen LogP contribution in [0.5, 0.6) is 0 Å². The van der Waals surface area contributed by atoms with E-state index in [2.05, 4.69) is 113 Å². The highest BCUT2D eigenvalue weighted by atomic mass is 16.5. The number of fused-ring (bicyclic) bond motifs is 5. The first-order chi connectivity index (χ1) is 27.0. The number of carbonyl (C=O) groups excluding carboxylic acids is 2. The number of hydrogen-bond donors (Lipinski definition) is 0. The van der Waals surface area contributed by atoms with Crippen molar-refractivity contribution in [3.8, 4) is 0 Å². The fraction of sp³-hybridized carbons (Fsp3) is 0.560. The minimum absolute atomic E-state index is 0.0213. The predicted octanol–water partition coefficient (Wildman–Crippen LogP) is 10.3. The first kappa shape index (κ1) is 39.3. The summed E-state index contributed by atoms with van der Waals surface area (Å²) >= 11 is 0. The van der Waals surface area contributed by atoms with Gasteiger partial charge in [-0.2, -0.15) is 0 Å². The molecule has 1 saturated heterocycles. The second-order valence-corrected chi connectivity index (χ2v) is 18.7. The lowest BCUT2D eigenvalue weighted by Gasteiger charge is -2.64. The monoisotopic (exact) mass is 758 g/mol. The summed E-state index contributed by atoms with van der Waals surface area (Å²) in [7, 11) is 0. The van der Waals surface area contributed by atoms with Gasteiger partial charge in [0.2, 0.25) is 0 Å². The van der Waals surface area contributed by atoms with Crippen LogP contribution in [0.3, 0.4) is 0 Å². The molecule has 0 amide bonds. The van der Waals surface area contributed by atoms with Crippen molar-refractivity contribution in [3.05, 3.63) is 119 Å². The molecule has 4 fully saturated rings. The highest BCUT2D eigenvalue weighted by Crippen LogP contribution is 2.67. The van der Waals surface area contributed by atoms with Crippen LogP contribution < -0.4 is 0 Å². The molecule has 298 valence electrons. The molecule has 0 aromatic heterocycles. The molecule has 0 bridgehead atoms. The van der Waals surface area contributed by atoms with E-state index in [0.717, 1.165) is 49.7 Å². The van der Waals surface area contributed by atoms with Crippen molar-refractivity contribution in [2.45, 2.75) is 124 Å². The van der Waals surface area contributed by atoms with Gasteiger partial charge >= 0.3 is 5.97 Å². The van der Waals surface area contributed by atoms with Gasteiger partial charge in [0.15, 0.2) is 5.78 Å². The van der Waals surface area contributed by atoms with Gasteiger partial charge in [0.1, 0.15) is 6.10 Å². The number of benzene rings is 3. The van der Waals surface area contributed by atoms with Crippen LogP contribution in [0, 0.1) is 52.3 Å². The maximum Gasteiger partial charge on any atom is 0.306 e. The zero-order valence-corrected chi connectivity index (χ0v) is 34.1. The molecule has 6 heteroatoms. The molecule has 8 rings (SSSR count). The Kier molecular flexibility index (Phi) is 11.5. The SMILES string of the molecule is CC(C)C1CC(=O)OC(C(C)C2=CC(=O)C3C4C(OCc5ccccc5)C(OCc5ccccc5)C5CC(OCc6ccccc6)CCC5(C)C4CCC23C)C1. The first-order valence-electron chi connectivity index (χ1n) is 21.5. The number of carbonyl (C=O) groups is 2. The average Bonchev–Trinajstić information content (AvgIpc) is 3.49. The summed E-state index contributed by atoms with van der Waals surface area (Å²) in [6.45, 7) is 13.0. The number of ether oxygens (including phenoxy) is 4. The molecule has 0 N–H and O–H groups in total. The van der Waals surface area contributed by atoms with Crippen molar-refractivity contribution >= 4 is 11.8 Å². The zero-order valence-electron chi connectivity index (χ0n) is 34.1. The van der Waals surface area contributed by atoms with Gasteiger partial charge in [-0.1, -0.05) is 131 Å². The zero-order chi connectivity index (χ0) is 39.0. The van der Waals surface area contributed by atoms with Gasteiger partial charge in [-0.15, -0.1) is 0 Å². The molecule has 12 atom stereocenters. The minimum atomic E-state index is -0.355. The first-order valence-corrected chi connectivity index (χ1v) is 21.5. The highest BCUT2D eigenvalue weighted by Gasteiger charge is 2.67. The van der Waals surface area contributed by atoms with Crippen molar-refractivity contribution in [1.82, 2.24) is 0 Å². The van der Waals surface area contributed by atoms with Gasteiger partial charge in [0.25, 0.3) is 0 Å². The normalized spacial score (nSPS) is 35.9. The quantitative estimate of drug-likeness (QED) is 0.171. The van der Waals surface area contributed by atoms with Crippen molar-refractivity contribution in [3.63, 3.8) is 0 Å². The average molecular weight is 759 g/mol. The lowest BCUT2D eigenvalue weighted by molar-refractivity contribution is -0.250. The molecule has 1 aliphatic heterocycles. The van der Waals surface area contributed by atoms with E-state index in [1.165, 1.54) is 11.1 Å². The second-order valence-electron chi connectivity index (χ2n) is 18.7. The molecule has 1 heterocycles. The Hall–Kier alpha value is -3.58. The number of cyclic esters (lactones) is 1. The molecule has 0 spiro atoms. The van der Waals surface area contributed by atoms with E-state index in [-0.39, 0.29) is 70.7 Å². The van der Waals surface area contributed by atoms with Gasteiger partial charge in [-0.25, -0.2) is 0 Å². The number of hydrogen-bond acceptors (Lipinski definition) is 6. The molecular weight excluding hydrogens is 697 g/mol. The molecule has 3 aromatic carbocycles. The van der Waals surface area contributed by atoms with Crippen molar-refractivity contribution in [1.29, 1.82) is 0 Å². The Bertz CT molecular complexity index is 1840. The van der Waals surface area contributed by atoms with Gasteiger partial charge < -0.3 is 18.9 Å². The summed E-state index contributed by atoms with van der Waals surface area (Å²) < 4.78 is 27.3. The van der Waals surface area contributed by atoms with Crippen LogP contribution in [-0.2, 0) is 48.4 Å². The lowest BCUT2D eigenvalue weighted by Crippen LogP contribution is -2.66. The Balaban J connectivity index is 1.14. The predicted molar refractivity (Wildman–Crippen MR) is 218 cm³/mol. The number of allylic oxidation sites excluding steroid dienone is 1. The van der Waals surface area contributed by atoms with Crippen molar-refractivity contribution in [2.24, 2.45) is 52.3 Å². The molecular formula is C50H62O6. The van der Waals surface area contributed by atoms with E-state index in [0.29, 0.717) is 44.0 Å². The summed E-state index contributed by atoms with van der Waals surface area (Å²) in [6, 6.07) is 31.4. The summed E-state index contributed by atoms with van der Waals surface area (Å²) in [5.41, 5.74) is 4.21. The Morgan fingerprint density at radius 1 is 0.696 bits per heavy atom. The number of esters is 1. The smallest absolute Gasteiger partial charge is 0.306 e. The van der Waals surface area contributed by atoms with Crippen LogP contribution in [0.1, 0.15) is 96.3 Å². The topological polar surface area (TPSA) is 71.1 Å². The van der Waals surface area contributed by atoms with E-state index >= 15 is 0 Å². The number of ketones is 1. The second kappa shape index (κ2) is 16.3. The van der Waals surface area contributed by atoms with E-state index in [9.17, 15) is 9.59 Å². The van der Waals surface area contributed by atoms with Gasteiger partial charge in [-0.3, -0.25) is 9.59 Å². The third-order valence-electron chi connectivity index (χ3n) is 15.2. The van der Waals surface area contributed by atoms with Crippen molar-refractivity contribution < 1.29 is 28.5 Å². The van der Waals surface area contributed by atoms with Crippen LogP contribution in [0.4, 0.5) is 0 Å². The molecule has 3 saturated carbocycles. The molecule has 56 heavy (non-hydrogen) atoms. The summed E-state index contributed by atoms with van der Waals surface area (Å²) in [5, 5.41) is 0. The maximum absolute atomic E-state index is 14.8. The maximum atomic E-state index is 14.8. The standard InChI is InChI=1S/C50H62O6/c1-32(2)37-25-43(56-44(52)26-37)33(3)40-28-42(51)46-45-39(22-24-50(40,46)5)49(4)23-21-38(53-29-34-15-9-6-10-16-34)27-41(49)47(54-30-35-17-11-7-12-18-35)48(45)55-31-36-19-13-8-14-20-36/h6-20,28,32-33,37-39,41,43,45-48H,21-27,29-31H2,1-5H3. The molecule has 0 radical (unpaired) electrons.